The highest BCUT2D eigenvalue weighted by Crippen LogP contribution is 2.27. The summed E-state index contributed by atoms with van der Waals surface area (Å²) in [5, 5.41) is 9.66. The van der Waals surface area contributed by atoms with E-state index in [1.54, 1.807) is 6.07 Å². The van der Waals surface area contributed by atoms with Gasteiger partial charge < -0.3 is 5.11 Å². The quantitative estimate of drug-likeness (QED) is 0.863. The van der Waals surface area contributed by atoms with Gasteiger partial charge in [-0.2, -0.15) is 0 Å². The topological polar surface area (TPSA) is 50.2 Å². The molecule has 0 saturated heterocycles. The number of pyridine rings is 1. The van der Waals surface area contributed by atoms with Crippen LogP contribution in [0.4, 0.5) is 0 Å². The van der Waals surface area contributed by atoms with E-state index in [0.717, 1.165) is 10.0 Å². The van der Waals surface area contributed by atoms with Crippen LogP contribution >= 0.6 is 15.9 Å². The molecule has 0 bridgehead atoms. The maximum absolute atomic E-state index is 11.0. The number of hydrogen-bond donors (Lipinski definition) is 1. The Morgan fingerprint density at radius 3 is 2.80 bits per heavy atom. The molecular formula is C11H8BrNO2. The summed E-state index contributed by atoms with van der Waals surface area (Å²) in [4.78, 5) is 15.1. The number of benzene rings is 1. The molecule has 1 heterocycles. The number of hydrogen-bond acceptors (Lipinski definition) is 2. The SMILES string of the molecule is Cc1ccc2c(C(=O)O)ccnc2c1Br. The number of aromatic nitrogens is 1. The van der Waals surface area contributed by atoms with Crippen molar-refractivity contribution in [2.24, 2.45) is 0 Å². The number of aryl methyl sites for hydroxylation is 1. The molecule has 0 radical (unpaired) electrons. The lowest BCUT2D eigenvalue weighted by Crippen LogP contribution is -1.98. The van der Waals surface area contributed by atoms with Gasteiger partial charge in [0, 0.05) is 16.1 Å². The Balaban J connectivity index is 2.89. The van der Waals surface area contributed by atoms with Crippen LogP contribution < -0.4 is 0 Å². The van der Waals surface area contributed by atoms with E-state index in [1.165, 1.54) is 12.3 Å². The fraction of sp³-hybridized carbons (Fsp3) is 0.0909. The third-order valence-corrected chi connectivity index (χ3v) is 3.28. The minimum absolute atomic E-state index is 0.278. The van der Waals surface area contributed by atoms with Gasteiger partial charge in [-0.05, 0) is 34.5 Å². The van der Waals surface area contributed by atoms with Crippen molar-refractivity contribution in [1.29, 1.82) is 0 Å². The summed E-state index contributed by atoms with van der Waals surface area (Å²) < 4.78 is 0.850. The van der Waals surface area contributed by atoms with Crippen molar-refractivity contribution in [3.05, 3.63) is 40.0 Å². The molecule has 0 aliphatic rings. The summed E-state index contributed by atoms with van der Waals surface area (Å²) in [6.07, 6.45) is 1.51. The fourth-order valence-corrected chi connectivity index (χ4v) is 1.92. The van der Waals surface area contributed by atoms with Crippen molar-refractivity contribution in [2.75, 3.05) is 0 Å². The Morgan fingerprint density at radius 1 is 1.40 bits per heavy atom. The van der Waals surface area contributed by atoms with E-state index in [4.69, 9.17) is 5.11 Å². The number of carboxylic acid groups (broad SMARTS) is 1. The lowest BCUT2D eigenvalue weighted by atomic mass is 10.1. The Bertz CT molecular complexity index is 552. The lowest BCUT2D eigenvalue weighted by molar-refractivity contribution is 0.0699. The molecular weight excluding hydrogens is 258 g/mol. The average Bonchev–Trinajstić information content (AvgIpc) is 2.23. The zero-order chi connectivity index (χ0) is 11.0. The predicted molar refractivity (Wildman–Crippen MR) is 61.1 cm³/mol. The Kier molecular flexibility index (Phi) is 2.44. The number of rotatable bonds is 1. The van der Waals surface area contributed by atoms with Gasteiger partial charge in [-0.25, -0.2) is 4.79 Å². The highest BCUT2D eigenvalue weighted by Gasteiger charge is 2.11. The molecule has 0 aliphatic carbocycles. The molecule has 0 amide bonds. The summed E-state index contributed by atoms with van der Waals surface area (Å²) >= 11 is 3.41. The Labute approximate surface area is 94.9 Å². The van der Waals surface area contributed by atoms with Crippen LogP contribution in [0.5, 0.6) is 0 Å². The molecule has 0 fully saturated rings. The molecule has 76 valence electrons. The van der Waals surface area contributed by atoms with E-state index in [0.29, 0.717) is 10.9 Å². The van der Waals surface area contributed by atoms with Gasteiger partial charge in [0.25, 0.3) is 0 Å². The second-order valence-corrected chi connectivity index (χ2v) is 4.05. The van der Waals surface area contributed by atoms with Crippen molar-refractivity contribution in [3.8, 4) is 0 Å². The zero-order valence-corrected chi connectivity index (χ0v) is 9.58. The summed E-state index contributed by atoms with van der Waals surface area (Å²) in [5.41, 5.74) is 2.01. The van der Waals surface area contributed by atoms with E-state index in [2.05, 4.69) is 20.9 Å². The Hall–Kier alpha value is -1.42. The van der Waals surface area contributed by atoms with Crippen molar-refractivity contribution < 1.29 is 9.90 Å². The molecule has 0 atom stereocenters. The number of nitrogens with zero attached hydrogens (tertiary/aromatic N) is 1. The first-order valence-electron chi connectivity index (χ1n) is 4.38. The van der Waals surface area contributed by atoms with Crippen LogP contribution in [0.25, 0.3) is 10.9 Å². The van der Waals surface area contributed by atoms with Gasteiger partial charge in [0.1, 0.15) is 0 Å². The van der Waals surface area contributed by atoms with E-state index >= 15 is 0 Å². The van der Waals surface area contributed by atoms with Gasteiger partial charge in [0.15, 0.2) is 0 Å². The second-order valence-electron chi connectivity index (χ2n) is 3.26. The minimum atomic E-state index is -0.932. The largest absolute Gasteiger partial charge is 0.478 e. The predicted octanol–water partition coefficient (Wildman–Crippen LogP) is 3.00. The molecule has 2 aromatic rings. The Morgan fingerprint density at radius 2 is 2.13 bits per heavy atom. The van der Waals surface area contributed by atoms with Crippen LogP contribution in [0.15, 0.2) is 28.9 Å². The highest BCUT2D eigenvalue weighted by atomic mass is 79.9. The van der Waals surface area contributed by atoms with Gasteiger partial charge in [-0.3, -0.25) is 4.98 Å². The summed E-state index contributed by atoms with van der Waals surface area (Å²) in [7, 11) is 0. The average molecular weight is 266 g/mol. The number of carbonyl (C=O) groups is 1. The van der Waals surface area contributed by atoms with Gasteiger partial charge in [0.05, 0.1) is 11.1 Å². The fourth-order valence-electron chi connectivity index (χ4n) is 1.47. The minimum Gasteiger partial charge on any atom is -0.478 e. The van der Waals surface area contributed by atoms with Gasteiger partial charge in [-0.15, -0.1) is 0 Å². The summed E-state index contributed by atoms with van der Waals surface area (Å²) in [5.74, 6) is -0.932. The molecule has 15 heavy (non-hydrogen) atoms. The zero-order valence-electron chi connectivity index (χ0n) is 7.99. The maximum atomic E-state index is 11.0. The first kappa shape index (κ1) is 10.1. The lowest BCUT2D eigenvalue weighted by Gasteiger charge is -2.05. The van der Waals surface area contributed by atoms with E-state index < -0.39 is 5.97 Å². The van der Waals surface area contributed by atoms with E-state index in [9.17, 15) is 4.79 Å². The molecule has 1 aromatic carbocycles. The molecule has 3 nitrogen and oxygen atoms in total. The number of fused-ring (bicyclic) bond motifs is 1. The summed E-state index contributed by atoms with van der Waals surface area (Å²) in [6, 6.07) is 5.17. The van der Waals surface area contributed by atoms with Gasteiger partial charge in [-0.1, -0.05) is 12.1 Å². The second kappa shape index (κ2) is 3.62. The normalized spacial score (nSPS) is 10.5. The molecule has 0 unspecified atom stereocenters. The molecule has 1 aromatic heterocycles. The number of carboxylic acids is 1. The van der Waals surface area contributed by atoms with Gasteiger partial charge in [0.2, 0.25) is 0 Å². The smallest absolute Gasteiger partial charge is 0.336 e. The van der Waals surface area contributed by atoms with Crippen molar-refractivity contribution in [1.82, 2.24) is 4.98 Å². The number of halogens is 1. The van der Waals surface area contributed by atoms with Crippen molar-refractivity contribution in [2.45, 2.75) is 6.92 Å². The number of aromatic carboxylic acids is 1. The maximum Gasteiger partial charge on any atom is 0.336 e. The first-order chi connectivity index (χ1) is 7.11. The van der Waals surface area contributed by atoms with E-state index in [1.807, 2.05) is 13.0 Å². The standard InChI is InChI=1S/C11H8BrNO2/c1-6-2-3-7-8(11(14)15)4-5-13-10(7)9(6)12/h2-5H,1H3,(H,14,15). The molecule has 2 rings (SSSR count). The van der Waals surface area contributed by atoms with Crippen LogP contribution in [0.1, 0.15) is 15.9 Å². The van der Waals surface area contributed by atoms with Gasteiger partial charge >= 0.3 is 5.97 Å². The van der Waals surface area contributed by atoms with E-state index in [-0.39, 0.29) is 5.56 Å². The first-order valence-corrected chi connectivity index (χ1v) is 5.17. The summed E-state index contributed by atoms with van der Waals surface area (Å²) in [6.45, 7) is 1.94. The third kappa shape index (κ3) is 1.61. The third-order valence-electron chi connectivity index (χ3n) is 2.27. The van der Waals surface area contributed by atoms with Crippen LogP contribution in [-0.4, -0.2) is 16.1 Å². The molecule has 4 heteroatoms. The van der Waals surface area contributed by atoms with Crippen molar-refractivity contribution in [3.63, 3.8) is 0 Å². The molecule has 0 aliphatic heterocycles. The molecule has 0 saturated carbocycles. The van der Waals surface area contributed by atoms with Crippen molar-refractivity contribution >= 4 is 32.8 Å². The molecule has 1 N–H and O–H groups in total. The molecule has 0 spiro atoms. The van der Waals surface area contributed by atoms with Crippen LogP contribution in [0.3, 0.4) is 0 Å². The van der Waals surface area contributed by atoms with Crippen LogP contribution in [-0.2, 0) is 0 Å². The highest BCUT2D eigenvalue weighted by molar-refractivity contribution is 9.10. The van der Waals surface area contributed by atoms with Crippen LogP contribution in [0.2, 0.25) is 0 Å². The van der Waals surface area contributed by atoms with Crippen LogP contribution in [0, 0.1) is 6.92 Å². The monoisotopic (exact) mass is 265 g/mol.